The number of benzene rings is 2. The number of hydrogen-bond donors (Lipinski definition) is 1. The van der Waals surface area contributed by atoms with E-state index in [0.29, 0.717) is 24.5 Å². The highest BCUT2D eigenvalue weighted by Gasteiger charge is 2.33. The van der Waals surface area contributed by atoms with E-state index >= 15 is 0 Å². The van der Waals surface area contributed by atoms with Crippen molar-refractivity contribution in [3.63, 3.8) is 0 Å². The number of amides is 1. The zero-order chi connectivity index (χ0) is 20.3. The van der Waals surface area contributed by atoms with Gasteiger partial charge in [0.15, 0.2) is 5.13 Å². The normalized spacial score (nSPS) is 17.7. The Hall–Kier alpha value is -2.55. The molecule has 0 aliphatic carbocycles. The second kappa shape index (κ2) is 8.44. The van der Waals surface area contributed by atoms with Crippen LogP contribution in [0.3, 0.4) is 0 Å². The van der Waals surface area contributed by atoms with Crippen LogP contribution in [-0.4, -0.2) is 36.7 Å². The molecule has 0 unspecified atom stereocenters. The number of sulfonamides is 1. The van der Waals surface area contributed by atoms with Crippen LogP contribution < -0.4 is 5.32 Å². The molecule has 4 rings (SSSR count). The fourth-order valence-corrected chi connectivity index (χ4v) is 5.66. The van der Waals surface area contributed by atoms with E-state index in [-0.39, 0.29) is 17.3 Å². The van der Waals surface area contributed by atoms with Gasteiger partial charge in [0.05, 0.1) is 16.5 Å². The second-order valence-corrected chi connectivity index (χ2v) is 9.70. The van der Waals surface area contributed by atoms with Crippen molar-refractivity contribution in [2.24, 2.45) is 5.92 Å². The fourth-order valence-electron chi connectivity index (χ4n) is 3.40. The topological polar surface area (TPSA) is 79.4 Å². The molecule has 2 aromatic carbocycles. The monoisotopic (exact) mass is 427 g/mol. The summed E-state index contributed by atoms with van der Waals surface area (Å²) in [6.45, 7) is 0.608. The molecule has 1 atom stereocenters. The third-order valence-corrected chi connectivity index (χ3v) is 7.58. The van der Waals surface area contributed by atoms with Crippen LogP contribution >= 0.6 is 11.3 Å². The summed E-state index contributed by atoms with van der Waals surface area (Å²) in [6, 6.07) is 18.1. The van der Waals surface area contributed by atoms with E-state index in [0.717, 1.165) is 11.3 Å². The van der Waals surface area contributed by atoms with Crippen LogP contribution in [0.25, 0.3) is 11.3 Å². The number of piperidine rings is 1. The molecule has 1 saturated heterocycles. The van der Waals surface area contributed by atoms with Crippen LogP contribution in [0, 0.1) is 5.92 Å². The summed E-state index contributed by atoms with van der Waals surface area (Å²) in [6.07, 6.45) is 1.31. The Labute approximate surface area is 174 Å². The first-order valence-electron chi connectivity index (χ1n) is 9.41. The van der Waals surface area contributed by atoms with Gasteiger partial charge in [0.2, 0.25) is 15.9 Å². The van der Waals surface area contributed by atoms with E-state index in [2.05, 4.69) is 10.3 Å². The van der Waals surface area contributed by atoms with Crippen LogP contribution in [0.4, 0.5) is 5.13 Å². The highest BCUT2D eigenvalue weighted by molar-refractivity contribution is 7.89. The van der Waals surface area contributed by atoms with E-state index in [1.54, 1.807) is 30.3 Å². The SMILES string of the molecule is O=C(Nc1nc(-c2ccccc2)cs1)[C@H]1CCCN(S(=O)(=O)c2ccccc2)C1. The van der Waals surface area contributed by atoms with Crippen molar-refractivity contribution < 1.29 is 13.2 Å². The minimum atomic E-state index is -3.59. The summed E-state index contributed by atoms with van der Waals surface area (Å²) in [5.74, 6) is -0.585. The lowest BCUT2D eigenvalue weighted by Crippen LogP contribution is -2.43. The van der Waals surface area contributed by atoms with Crippen molar-refractivity contribution in [2.75, 3.05) is 18.4 Å². The van der Waals surface area contributed by atoms with Crippen molar-refractivity contribution in [3.05, 3.63) is 66.0 Å². The molecule has 150 valence electrons. The smallest absolute Gasteiger partial charge is 0.243 e. The highest BCUT2D eigenvalue weighted by atomic mass is 32.2. The summed E-state index contributed by atoms with van der Waals surface area (Å²) in [5, 5.41) is 5.29. The summed E-state index contributed by atoms with van der Waals surface area (Å²) >= 11 is 1.37. The Morgan fingerprint density at radius 3 is 2.48 bits per heavy atom. The molecule has 6 nitrogen and oxygen atoms in total. The van der Waals surface area contributed by atoms with Gasteiger partial charge in [-0.05, 0) is 25.0 Å². The molecule has 29 heavy (non-hydrogen) atoms. The average molecular weight is 428 g/mol. The number of carbonyl (C=O) groups excluding carboxylic acids is 1. The van der Waals surface area contributed by atoms with Crippen LogP contribution in [0.1, 0.15) is 12.8 Å². The Morgan fingerprint density at radius 2 is 1.76 bits per heavy atom. The zero-order valence-corrected chi connectivity index (χ0v) is 17.3. The van der Waals surface area contributed by atoms with E-state index in [9.17, 15) is 13.2 Å². The molecule has 1 aliphatic heterocycles. The lowest BCUT2D eigenvalue weighted by Gasteiger charge is -2.31. The lowest BCUT2D eigenvalue weighted by atomic mass is 9.99. The van der Waals surface area contributed by atoms with Crippen LogP contribution in [0.2, 0.25) is 0 Å². The van der Waals surface area contributed by atoms with Gasteiger partial charge in [0, 0.05) is 24.0 Å². The van der Waals surface area contributed by atoms with Gasteiger partial charge >= 0.3 is 0 Å². The number of hydrogen-bond acceptors (Lipinski definition) is 5. The molecule has 1 aromatic heterocycles. The number of carbonyl (C=O) groups is 1. The van der Waals surface area contributed by atoms with E-state index in [1.807, 2.05) is 35.7 Å². The van der Waals surface area contributed by atoms with E-state index < -0.39 is 15.9 Å². The maximum Gasteiger partial charge on any atom is 0.243 e. The second-order valence-electron chi connectivity index (χ2n) is 6.91. The maximum absolute atomic E-state index is 12.9. The first-order chi connectivity index (χ1) is 14.0. The first kappa shape index (κ1) is 19.8. The molecule has 1 fully saturated rings. The molecule has 0 bridgehead atoms. The molecule has 0 radical (unpaired) electrons. The van der Waals surface area contributed by atoms with Crippen molar-refractivity contribution in [1.82, 2.24) is 9.29 Å². The van der Waals surface area contributed by atoms with Gasteiger partial charge in [-0.2, -0.15) is 4.31 Å². The van der Waals surface area contributed by atoms with Crippen molar-refractivity contribution in [2.45, 2.75) is 17.7 Å². The van der Waals surface area contributed by atoms with Crippen LogP contribution in [-0.2, 0) is 14.8 Å². The predicted molar refractivity (Wildman–Crippen MR) is 114 cm³/mol. The number of nitrogens with one attached hydrogen (secondary N) is 1. The molecule has 2 heterocycles. The third kappa shape index (κ3) is 4.39. The Balaban J connectivity index is 1.44. The molecule has 8 heteroatoms. The van der Waals surface area contributed by atoms with Gasteiger partial charge in [-0.15, -0.1) is 11.3 Å². The molecule has 3 aromatic rings. The Kier molecular flexibility index (Phi) is 5.75. The molecular formula is C21H21N3O3S2. The number of aromatic nitrogens is 1. The van der Waals surface area contributed by atoms with E-state index in [4.69, 9.17) is 0 Å². The Morgan fingerprint density at radius 1 is 1.07 bits per heavy atom. The first-order valence-corrected chi connectivity index (χ1v) is 11.7. The molecule has 1 N–H and O–H groups in total. The van der Waals surface area contributed by atoms with Crippen molar-refractivity contribution >= 4 is 32.4 Å². The minimum absolute atomic E-state index is 0.181. The average Bonchev–Trinajstić information content (AvgIpc) is 3.23. The molecule has 0 spiro atoms. The van der Waals surface area contributed by atoms with Gasteiger partial charge in [0.25, 0.3) is 0 Å². The highest BCUT2D eigenvalue weighted by Crippen LogP contribution is 2.27. The van der Waals surface area contributed by atoms with Gasteiger partial charge in [-0.25, -0.2) is 13.4 Å². The predicted octanol–water partition coefficient (Wildman–Crippen LogP) is 3.85. The number of rotatable bonds is 5. The molecule has 1 amide bonds. The number of thiazole rings is 1. The van der Waals surface area contributed by atoms with Gasteiger partial charge in [-0.3, -0.25) is 4.79 Å². The zero-order valence-electron chi connectivity index (χ0n) is 15.7. The summed E-state index contributed by atoms with van der Waals surface area (Å²) < 4.78 is 27.1. The standard InChI is InChI=1S/C21H21N3O3S2/c25-20(23-21-22-19(15-28-21)16-8-3-1-4-9-16)17-10-7-13-24(14-17)29(26,27)18-11-5-2-6-12-18/h1-6,8-9,11-12,15,17H,7,10,13-14H2,(H,22,23,25)/t17-/m0/s1. The van der Waals surface area contributed by atoms with Gasteiger partial charge in [-0.1, -0.05) is 48.5 Å². The number of nitrogens with zero attached hydrogens (tertiary/aromatic N) is 2. The summed E-state index contributed by atoms with van der Waals surface area (Å²) in [4.78, 5) is 17.5. The molecule has 1 aliphatic rings. The summed E-state index contributed by atoms with van der Waals surface area (Å²) in [7, 11) is -3.59. The minimum Gasteiger partial charge on any atom is -0.302 e. The largest absolute Gasteiger partial charge is 0.302 e. The van der Waals surface area contributed by atoms with Crippen LogP contribution in [0.5, 0.6) is 0 Å². The van der Waals surface area contributed by atoms with Gasteiger partial charge < -0.3 is 5.32 Å². The molecular weight excluding hydrogens is 406 g/mol. The van der Waals surface area contributed by atoms with Gasteiger partial charge in [0.1, 0.15) is 0 Å². The van der Waals surface area contributed by atoms with E-state index in [1.165, 1.54) is 15.6 Å². The van der Waals surface area contributed by atoms with Crippen molar-refractivity contribution in [1.29, 1.82) is 0 Å². The van der Waals surface area contributed by atoms with Crippen LogP contribution in [0.15, 0.2) is 70.9 Å². The number of anilines is 1. The molecule has 0 saturated carbocycles. The Bertz CT molecular complexity index is 1080. The maximum atomic E-state index is 12.9. The third-order valence-electron chi connectivity index (χ3n) is 4.94. The fraction of sp³-hybridized carbons (Fsp3) is 0.238. The van der Waals surface area contributed by atoms with Crippen molar-refractivity contribution in [3.8, 4) is 11.3 Å². The lowest BCUT2D eigenvalue weighted by molar-refractivity contribution is -0.120. The quantitative estimate of drug-likeness (QED) is 0.671. The summed E-state index contributed by atoms with van der Waals surface area (Å²) in [5.41, 5.74) is 1.80.